The Bertz CT molecular complexity index is 1540. The molecule has 166 valence electrons. The standard InChI is InChI=1S/C22H18ClFN8O/c1-10-19-15(32(3)31-10)8-27-22(30-19)11(2)33-16-5-14(24)17(12-4-13(23)7-26-6-12)20-18(16)21(25)29-9-28-20/h4-9,11H,1-3H3,(H2,25,28,29)/t11-/m0/s1. The van der Waals surface area contributed by atoms with Gasteiger partial charge in [0.25, 0.3) is 0 Å². The van der Waals surface area contributed by atoms with E-state index in [-0.39, 0.29) is 22.6 Å². The number of pyridine rings is 1. The minimum Gasteiger partial charge on any atom is -0.482 e. The summed E-state index contributed by atoms with van der Waals surface area (Å²) in [6, 6.07) is 2.86. The minimum atomic E-state index is -0.616. The van der Waals surface area contributed by atoms with Gasteiger partial charge in [-0.15, -0.1) is 0 Å². The lowest BCUT2D eigenvalue weighted by molar-refractivity contribution is 0.219. The Kier molecular flexibility index (Phi) is 5.01. The van der Waals surface area contributed by atoms with Gasteiger partial charge < -0.3 is 10.5 Å². The lowest BCUT2D eigenvalue weighted by Crippen LogP contribution is -2.10. The highest BCUT2D eigenvalue weighted by molar-refractivity contribution is 6.30. The number of anilines is 1. The van der Waals surface area contributed by atoms with Crippen LogP contribution in [0.15, 0.2) is 37.1 Å². The molecule has 2 N–H and O–H groups in total. The van der Waals surface area contributed by atoms with Gasteiger partial charge in [0.05, 0.1) is 27.8 Å². The summed E-state index contributed by atoms with van der Waals surface area (Å²) >= 11 is 6.06. The van der Waals surface area contributed by atoms with Crippen molar-refractivity contribution < 1.29 is 9.13 Å². The Morgan fingerprint density at radius 3 is 2.73 bits per heavy atom. The summed E-state index contributed by atoms with van der Waals surface area (Å²) in [7, 11) is 1.83. The van der Waals surface area contributed by atoms with E-state index in [1.165, 1.54) is 24.8 Å². The second-order valence-corrected chi connectivity index (χ2v) is 7.97. The third kappa shape index (κ3) is 3.58. The molecule has 0 radical (unpaired) electrons. The van der Waals surface area contributed by atoms with E-state index in [0.29, 0.717) is 21.8 Å². The van der Waals surface area contributed by atoms with Crippen molar-refractivity contribution in [2.45, 2.75) is 20.0 Å². The van der Waals surface area contributed by atoms with E-state index in [1.54, 1.807) is 23.9 Å². The lowest BCUT2D eigenvalue weighted by atomic mass is 10.0. The normalized spacial score (nSPS) is 12.4. The molecule has 1 aromatic carbocycles. The lowest BCUT2D eigenvalue weighted by Gasteiger charge is -2.18. The average Bonchev–Trinajstić information content (AvgIpc) is 3.06. The van der Waals surface area contributed by atoms with Gasteiger partial charge in [-0.05, 0) is 19.9 Å². The van der Waals surface area contributed by atoms with Crippen molar-refractivity contribution in [3.63, 3.8) is 0 Å². The first-order chi connectivity index (χ1) is 15.8. The first kappa shape index (κ1) is 21.0. The molecule has 11 heteroatoms. The van der Waals surface area contributed by atoms with E-state index in [1.807, 2.05) is 14.0 Å². The highest BCUT2D eigenvalue weighted by atomic mass is 35.5. The van der Waals surface area contributed by atoms with Crippen LogP contribution in [0.25, 0.3) is 33.1 Å². The molecule has 0 unspecified atom stereocenters. The molecule has 0 spiro atoms. The topological polar surface area (TPSA) is 118 Å². The molecular weight excluding hydrogens is 447 g/mol. The van der Waals surface area contributed by atoms with Crippen LogP contribution in [0.4, 0.5) is 10.2 Å². The summed E-state index contributed by atoms with van der Waals surface area (Å²) in [5.74, 6) is 0.188. The van der Waals surface area contributed by atoms with Crippen LogP contribution < -0.4 is 10.5 Å². The maximum Gasteiger partial charge on any atom is 0.169 e. The molecule has 5 aromatic rings. The molecule has 0 saturated carbocycles. The number of fused-ring (bicyclic) bond motifs is 2. The third-order valence-electron chi connectivity index (χ3n) is 5.30. The van der Waals surface area contributed by atoms with Crippen LogP contribution in [0.2, 0.25) is 5.02 Å². The Morgan fingerprint density at radius 2 is 1.94 bits per heavy atom. The zero-order chi connectivity index (χ0) is 23.3. The van der Waals surface area contributed by atoms with E-state index >= 15 is 4.39 Å². The first-order valence-electron chi connectivity index (χ1n) is 10.00. The number of nitrogens with zero attached hydrogens (tertiary/aromatic N) is 7. The van der Waals surface area contributed by atoms with Crippen LogP contribution in [-0.4, -0.2) is 34.7 Å². The van der Waals surface area contributed by atoms with Gasteiger partial charge in [0, 0.05) is 36.6 Å². The van der Waals surface area contributed by atoms with Crippen molar-refractivity contribution in [3.05, 3.63) is 59.4 Å². The van der Waals surface area contributed by atoms with Gasteiger partial charge in [0.15, 0.2) is 11.9 Å². The molecule has 5 rings (SSSR count). The van der Waals surface area contributed by atoms with Crippen molar-refractivity contribution in [2.75, 3.05) is 5.73 Å². The van der Waals surface area contributed by atoms with E-state index in [0.717, 1.165) is 16.7 Å². The Balaban J connectivity index is 1.62. The molecule has 4 heterocycles. The van der Waals surface area contributed by atoms with Crippen LogP contribution in [0.3, 0.4) is 0 Å². The summed E-state index contributed by atoms with van der Waals surface area (Å²) in [5.41, 5.74) is 9.41. The quantitative estimate of drug-likeness (QED) is 0.420. The summed E-state index contributed by atoms with van der Waals surface area (Å²) in [6.45, 7) is 3.64. The fourth-order valence-electron chi connectivity index (χ4n) is 3.78. The van der Waals surface area contributed by atoms with E-state index in [4.69, 9.17) is 22.1 Å². The molecule has 33 heavy (non-hydrogen) atoms. The van der Waals surface area contributed by atoms with E-state index < -0.39 is 11.9 Å². The number of nitrogen functional groups attached to an aromatic ring is 1. The summed E-state index contributed by atoms with van der Waals surface area (Å²) in [4.78, 5) is 21.4. The van der Waals surface area contributed by atoms with Crippen molar-refractivity contribution in [1.82, 2.24) is 34.7 Å². The number of benzene rings is 1. The van der Waals surface area contributed by atoms with Crippen molar-refractivity contribution in [1.29, 1.82) is 0 Å². The van der Waals surface area contributed by atoms with Crippen LogP contribution in [0.1, 0.15) is 24.5 Å². The summed E-state index contributed by atoms with van der Waals surface area (Å²) in [5, 5.41) is 5.10. The van der Waals surface area contributed by atoms with Crippen molar-refractivity contribution >= 4 is 39.4 Å². The molecule has 0 amide bonds. The van der Waals surface area contributed by atoms with Gasteiger partial charge >= 0.3 is 0 Å². The Morgan fingerprint density at radius 1 is 1.12 bits per heavy atom. The maximum absolute atomic E-state index is 15.4. The third-order valence-corrected chi connectivity index (χ3v) is 5.50. The van der Waals surface area contributed by atoms with Gasteiger partial charge in [-0.25, -0.2) is 24.3 Å². The van der Waals surface area contributed by atoms with Gasteiger partial charge in [0.2, 0.25) is 0 Å². The number of halogens is 2. The number of hydrogen-bond donors (Lipinski definition) is 1. The summed E-state index contributed by atoms with van der Waals surface area (Å²) in [6.07, 6.45) is 5.31. The number of aryl methyl sites for hydroxylation is 2. The molecule has 0 aliphatic rings. The van der Waals surface area contributed by atoms with Gasteiger partial charge in [-0.1, -0.05) is 11.6 Å². The number of rotatable bonds is 4. The second-order valence-electron chi connectivity index (χ2n) is 7.54. The zero-order valence-corrected chi connectivity index (χ0v) is 18.7. The average molecular weight is 465 g/mol. The van der Waals surface area contributed by atoms with Crippen molar-refractivity contribution in [2.24, 2.45) is 7.05 Å². The van der Waals surface area contributed by atoms with Crippen molar-refractivity contribution in [3.8, 4) is 16.9 Å². The largest absolute Gasteiger partial charge is 0.482 e. The fraction of sp³-hybridized carbons (Fsp3) is 0.182. The SMILES string of the molecule is Cc1nn(C)c2cnc([C@H](C)Oc3cc(F)c(-c4cncc(Cl)c4)c4ncnc(N)c34)nc12. The number of ether oxygens (including phenoxy) is 1. The predicted molar refractivity (Wildman–Crippen MR) is 122 cm³/mol. The summed E-state index contributed by atoms with van der Waals surface area (Å²) < 4.78 is 23.2. The van der Waals surface area contributed by atoms with E-state index in [9.17, 15) is 0 Å². The molecule has 0 saturated heterocycles. The minimum absolute atomic E-state index is 0.151. The van der Waals surface area contributed by atoms with Crippen LogP contribution >= 0.6 is 11.6 Å². The van der Waals surface area contributed by atoms with Crippen LogP contribution in [-0.2, 0) is 7.05 Å². The molecule has 0 aliphatic carbocycles. The molecular formula is C22H18ClFN8O. The Labute approximate surface area is 192 Å². The highest BCUT2D eigenvalue weighted by Crippen LogP contribution is 2.39. The molecule has 4 aromatic heterocycles. The predicted octanol–water partition coefficient (Wildman–Crippen LogP) is 4.19. The second kappa shape index (κ2) is 7.89. The van der Waals surface area contributed by atoms with Crippen LogP contribution in [0.5, 0.6) is 5.75 Å². The smallest absolute Gasteiger partial charge is 0.169 e. The first-order valence-corrected chi connectivity index (χ1v) is 10.4. The monoisotopic (exact) mass is 464 g/mol. The molecule has 9 nitrogen and oxygen atoms in total. The number of hydrogen-bond acceptors (Lipinski definition) is 8. The molecule has 0 aliphatic heterocycles. The van der Waals surface area contributed by atoms with Crippen LogP contribution in [0, 0.1) is 12.7 Å². The zero-order valence-electron chi connectivity index (χ0n) is 17.9. The van der Waals surface area contributed by atoms with Gasteiger partial charge in [0.1, 0.15) is 34.7 Å². The maximum atomic E-state index is 15.4. The Hall–Kier alpha value is -3.92. The van der Waals surface area contributed by atoms with E-state index in [2.05, 4.69) is 30.0 Å². The molecule has 0 bridgehead atoms. The molecule has 0 fully saturated rings. The van der Waals surface area contributed by atoms with Gasteiger partial charge in [-0.2, -0.15) is 5.10 Å². The number of aromatic nitrogens is 7. The highest BCUT2D eigenvalue weighted by Gasteiger charge is 2.22. The fourth-order valence-corrected chi connectivity index (χ4v) is 3.95. The molecule has 1 atom stereocenters. The number of nitrogens with two attached hydrogens (primary N) is 1. The van der Waals surface area contributed by atoms with Gasteiger partial charge in [-0.3, -0.25) is 9.67 Å².